The van der Waals surface area contributed by atoms with Gasteiger partial charge < -0.3 is 10.6 Å². The largest absolute Gasteiger partial charge is 0.340 e. The van der Waals surface area contributed by atoms with Gasteiger partial charge in [0.15, 0.2) is 0 Å². The van der Waals surface area contributed by atoms with Crippen LogP contribution < -0.4 is 15.4 Å². The molecule has 0 bridgehead atoms. The number of anilines is 4. The van der Waals surface area contributed by atoms with Crippen molar-refractivity contribution in [2.45, 2.75) is 4.90 Å². The van der Waals surface area contributed by atoms with Gasteiger partial charge in [0.05, 0.1) is 10.6 Å². The van der Waals surface area contributed by atoms with Crippen molar-refractivity contribution < 1.29 is 8.42 Å². The van der Waals surface area contributed by atoms with E-state index in [2.05, 4.69) is 30.4 Å². The Morgan fingerprint density at radius 1 is 0.867 bits per heavy atom. The molecule has 0 aliphatic rings. The van der Waals surface area contributed by atoms with Gasteiger partial charge in [-0.15, -0.1) is 0 Å². The zero-order valence-corrected chi connectivity index (χ0v) is 16.8. The van der Waals surface area contributed by atoms with Crippen LogP contribution in [0.5, 0.6) is 0 Å². The molecule has 4 rings (SSSR count). The first-order chi connectivity index (χ1) is 14.5. The van der Waals surface area contributed by atoms with Crippen LogP contribution in [-0.4, -0.2) is 35.2 Å². The summed E-state index contributed by atoms with van der Waals surface area (Å²) in [5.41, 5.74) is 2.41. The normalized spacial score (nSPS) is 11.2. The molecule has 0 unspecified atom stereocenters. The summed E-state index contributed by atoms with van der Waals surface area (Å²) in [5.74, 6) is 1.12. The Labute approximate surface area is 173 Å². The first-order valence-electron chi connectivity index (χ1n) is 9.03. The lowest BCUT2D eigenvalue weighted by molar-refractivity contribution is 0.588. The highest BCUT2D eigenvalue weighted by Crippen LogP contribution is 2.22. The fraction of sp³-hybridized carbons (Fsp3) is 0.0500. The topological polar surface area (TPSA) is 114 Å². The highest BCUT2D eigenvalue weighted by Gasteiger charge is 2.11. The highest BCUT2D eigenvalue weighted by atomic mass is 32.2. The van der Waals surface area contributed by atoms with Gasteiger partial charge in [0.25, 0.3) is 0 Å². The lowest BCUT2D eigenvalue weighted by atomic mass is 10.3. The number of sulfonamides is 1. The molecule has 152 valence electrons. The predicted molar refractivity (Wildman–Crippen MR) is 115 cm³/mol. The maximum absolute atomic E-state index is 12.0. The third-order valence-corrected chi connectivity index (χ3v) is 5.67. The van der Waals surface area contributed by atoms with Crippen LogP contribution >= 0.6 is 0 Å². The van der Waals surface area contributed by atoms with E-state index >= 15 is 0 Å². The fourth-order valence-corrected chi connectivity index (χ4v) is 3.54. The lowest BCUT2D eigenvalue weighted by Crippen LogP contribution is -2.18. The van der Waals surface area contributed by atoms with Gasteiger partial charge in [-0.05, 0) is 55.6 Å². The van der Waals surface area contributed by atoms with E-state index in [1.165, 1.54) is 25.5 Å². The van der Waals surface area contributed by atoms with Crippen molar-refractivity contribution in [3.63, 3.8) is 0 Å². The summed E-state index contributed by atoms with van der Waals surface area (Å²) in [5, 5.41) is 10.5. The minimum atomic E-state index is -3.52. The standard InChI is InChI=1S/C20H19N7O2S/c1-21-30(28,29)18-5-2-4-16(12-18)26-20-13-19(22-14-23-20)25-15-6-8-17(9-7-15)27-11-3-10-24-27/h2-14,21H,1H3,(H2,22,23,25,26). The first-order valence-corrected chi connectivity index (χ1v) is 10.5. The van der Waals surface area contributed by atoms with Crippen LogP contribution in [0.4, 0.5) is 23.0 Å². The Hall–Kier alpha value is -3.76. The quantitative estimate of drug-likeness (QED) is 0.420. The molecule has 3 N–H and O–H groups in total. The Balaban J connectivity index is 1.49. The minimum Gasteiger partial charge on any atom is -0.340 e. The van der Waals surface area contributed by atoms with Crippen LogP contribution in [-0.2, 0) is 10.0 Å². The molecule has 10 heteroatoms. The molecule has 0 saturated heterocycles. The van der Waals surface area contributed by atoms with E-state index in [-0.39, 0.29) is 4.90 Å². The van der Waals surface area contributed by atoms with E-state index in [0.29, 0.717) is 17.3 Å². The fourth-order valence-electron chi connectivity index (χ4n) is 2.77. The smallest absolute Gasteiger partial charge is 0.240 e. The molecule has 2 aromatic heterocycles. The molecule has 2 aromatic carbocycles. The second-order valence-electron chi connectivity index (χ2n) is 6.27. The van der Waals surface area contributed by atoms with Crippen LogP contribution in [0.25, 0.3) is 5.69 Å². The summed E-state index contributed by atoms with van der Waals surface area (Å²) in [6, 6.07) is 17.8. The van der Waals surface area contributed by atoms with Crippen LogP contribution in [0.3, 0.4) is 0 Å². The van der Waals surface area contributed by atoms with Crippen molar-refractivity contribution >= 4 is 33.0 Å². The SMILES string of the molecule is CNS(=O)(=O)c1cccc(Nc2cc(Nc3ccc(-n4cccn4)cc3)ncn2)c1. The molecule has 0 amide bonds. The molecule has 30 heavy (non-hydrogen) atoms. The van der Waals surface area contributed by atoms with Gasteiger partial charge in [0.2, 0.25) is 10.0 Å². The molecule has 9 nitrogen and oxygen atoms in total. The van der Waals surface area contributed by atoms with Gasteiger partial charge in [-0.3, -0.25) is 0 Å². The van der Waals surface area contributed by atoms with E-state index < -0.39 is 10.0 Å². The number of benzene rings is 2. The summed E-state index contributed by atoms with van der Waals surface area (Å²) >= 11 is 0. The van der Waals surface area contributed by atoms with E-state index in [4.69, 9.17) is 0 Å². The third-order valence-electron chi connectivity index (χ3n) is 4.26. The van der Waals surface area contributed by atoms with Gasteiger partial charge >= 0.3 is 0 Å². The maximum atomic E-state index is 12.0. The van der Waals surface area contributed by atoms with Crippen LogP contribution in [0.2, 0.25) is 0 Å². The maximum Gasteiger partial charge on any atom is 0.240 e. The van der Waals surface area contributed by atoms with Crippen molar-refractivity contribution in [2.24, 2.45) is 0 Å². The van der Waals surface area contributed by atoms with E-state index in [9.17, 15) is 8.42 Å². The van der Waals surface area contributed by atoms with Gasteiger partial charge in [-0.2, -0.15) is 5.10 Å². The molecule has 2 heterocycles. The number of nitrogens with one attached hydrogen (secondary N) is 3. The van der Waals surface area contributed by atoms with Crippen molar-refractivity contribution in [3.8, 4) is 5.69 Å². The van der Waals surface area contributed by atoms with Gasteiger partial charge in [-0.25, -0.2) is 27.8 Å². The Kier molecular flexibility index (Phi) is 5.42. The number of aromatic nitrogens is 4. The van der Waals surface area contributed by atoms with Crippen molar-refractivity contribution in [2.75, 3.05) is 17.7 Å². The summed E-state index contributed by atoms with van der Waals surface area (Å²) in [7, 11) is -2.15. The number of hydrogen-bond acceptors (Lipinski definition) is 7. The Morgan fingerprint density at radius 3 is 2.27 bits per heavy atom. The summed E-state index contributed by atoms with van der Waals surface area (Å²) in [6.45, 7) is 0. The van der Waals surface area contributed by atoms with Crippen molar-refractivity contribution in [1.29, 1.82) is 0 Å². The molecule has 0 spiro atoms. The van der Waals surface area contributed by atoms with Crippen molar-refractivity contribution in [1.82, 2.24) is 24.5 Å². The Bertz CT molecular complexity index is 1240. The Morgan fingerprint density at radius 2 is 1.60 bits per heavy atom. The molecule has 0 aliphatic carbocycles. The molecule has 0 aliphatic heterocycles. The zero-order chi connectivity index (χ0) is 21.0. The average molecular weight is 421 g/mol. The molecule has 4 aromatic rings. The lowest BCUT2D eigenvalue weighted by Gasteiger charge is -2.10. The summed E-state index contributed by atoms with van der Waals surface area (Å²) in [4.78, 5) is 8.60. The first kappa shape index (κ1) is 19.6. The van der Waals surface area contributed by atoms with Crippen LogP contribution in [0.15, 0.2) is 84.3 Å². The van der Waals surface area contributed by atoms with Crippen molar-refractivity contribution in [3.05, 3.63) is 79.4 Å². The minimum absolute atomic E-state index is 0.166. The van der Waals surface area contributed by atoms with E-state index in [1.807, 2.05) is 36.5 Å². The molecular formula is C20H19N7O2S. The van der Waals surface area contributed by atoms with Crippen LogP contribution in [0.1, 0.15) is 0 Å². The average Bonchev–Trinajstić information content (AvgIpc) is 3.30. The highest BCUT2D eigenvalue weighted by molar-refractivity contribution is 7.89. The van der Waals surface area contributed by atoms with Crippen LogP contribution in [0, 0.1) is 0 Å². The van der Waals surface area contributed by atoms with Gasteiger partial charge in [0, 0.05) is 29.8 Å². The second-order valence-corrected chi connectivity index (χ2v) is 8.16. The van der Waals surface area contributed by atoms with E-state index in [1.54, 1.807) is 29.1 Å². The molecule has 0 atom stereocenters. The number of nitrogens with zero attached hydrogens (tertiary/aromatic N) is 4. The summed E-state index contributed by atoms with van der Waals surface area (Å²) < 4.78 is 28.0. The number of rotatable bonds is 7. The van der Waals surface area contributed by atoms with Gasteiger partial charge in [0.1, 0.15) is 18.0 Å². The molecule has 0 radical (unpaired) electrons. The molecule has 0 saturated carbocycles. The second kappa shape index (κ2) is 8.31. The molecular weight excluding hydrogens is 402 g/mol. The third kappa shape index (κ3) is 4.45. The van der Waals surface area contributed by atoms with E-state index in [0.717, 1.165) is 11.4 Å². The summed E-state index contributed by atoms with van der Waals surface area (Å²) in [6.07, 6.45) is 5.03. The zero-order valence-electron chi connectivity index (χ0n) is 16.0. The predicted octanol–water partition coefficient (Wildman–Crippen LogP) is 3.06. The monoisotopic (exact) mass is 421 g/mol. The molecule has 0 fully saturated rings. The van der Waals surface area contributed by atoms with Gasteiger partial charge in [-0.1, -0.05) is 6.07 Å². The number of hydrogen-bond donors (Lipinski definition) is 3.